The number of hydrogen-bond acceptors (Lipinski definition) is 0. The topological polar surface area (TPSA) is 0 Å². The van der Waals surface area contributed by atoms with Crippen molar-refractivity contribution in [2.45, 2.75) is 25.6 Å². The van der Waals surface area contributed by atoms with Crippen molar-refractivity contribution in [1.82, 2.24) is 0 Å². The van der Waals surface area contributed by atoms with Crippen molar-refractivity contribution < 1.29 is 0 Å². The molecule has 1 unspecified atom stereocenters. The van der Waals surface area contributed by atoms with Gasteiger partial charge in [0.25, 0.3) is 0 Å². The Kier molecular flexibility index (Phi) is 5.81. The first-order chi connectivity index (χ1) is 11.0. The van der Waals surface area contributed by atoms with Crippen molar-refractivity contribution in [2.24, 2.45) is 0 Å². The van der Waals surface area contributed by atoms with Crippen molar-refractivity contribution in [2.75, 3.05) is 0 Å². The third kappa shape index (κ3) is 4.86. The predicted molar refractivity (Wildman–Crippen MR) is 105 cm³/mol. The second kappa shape index (κ2) is 7.83. The number of benzene rings is 2. The first-order valence-corrected chi connectivity index (χ1v) is 8.16. The van der Waals surface area contributed by atoms with Gasteiger partial charge < -0.3 is 0 Å². The van der Waals surface area contributed by atoms with Crippen LogP contribution in [-0.2, 0) is 6.42 Å². The lowest BCUT2D eigenvalue weighted by Gasteiger charge is -2.27. The van der Waals surface area contributed by atoms with Crippen molar-refractivity contribution >= 4 is 13.4 Å². The summed E-state index contributed by atoms with van der Waals surface area (Å²) < 4.78 is 0. The summed E-state index contributed by atoms with van der Waals surface area (Å²) in [6.07, 6.45) is 7.54. The van der Waals surface area contributed by atoms with E-state index in [4.69, 9.17) is 0 Å². The summed E-state index contributed by atoms with van der Waals surface area (Å²) in [5.74, 6) is 0. The summed E-state index contributed by atoms with van der Waals surface area (Å²) in [5.41, 5.74) is 4.89. The van der Waals surface area contributed by atoms with E-state index in [-0.39, 0.29) is 5.31 Å². The fourth-order valence-corrected chi connectivity index (χ4v) is 2.78. The summed E-state index contributed by atoms with van der Waals surface area (Å²) in [5, 5.41) is 0.0472. The number of hydrogen-bond donors (Lipinski definition) is 0. The van der Waals surface area contributed by atoms with Crippen LogP contribution in [0.2, 0.25) is 5.31 Å². The lowest BCUT2D eigenvalue weighted by atomic mass is 9.61. The Hall–Kier alpha value is -2.28. The van der Waals surface area contributed by atoms with Crippen LogP contribution in [-0.4, -0.2) is 7.85 Å². The highest BCUT2D eigenvalue weighted by molar-refractivity contribution is 6.17. The zero-order valence-corrected chi connectivity index (χ0v) is 14.4. The van der Waals surface area contributed by atoms with Crippen LogP contribution in [0.3, 0.4) is 0 Å². The normalized spacial score (nSPS) is 14.6. The van der Waals surface area contributed by atoms with Crippen LogP contribution >= 0.6 is 0 Å². The minimum atomic E-state index is 0.0472. The first-order valence-electron chi connectivity index (χ1n) is 8.16. The standard InChI is InChI=1S/C22H25B/c1-4-11-21(16-18(2)20-14-9-6-10-15-20)22(3,23)17-19-12-7-5-8-13-19/h4-16H,2,17,23H2,1,3H3/b11-4-,21-16+. The molecule has 0 amide bonds. The molecule has 23 heavy (non-hydrogen) atoms. The average Bonchev–Trinajstić information content (AvgIpc) is 2.55. The van der Waals surface area contributed by atoms with E-state index in [2.05, 4.69) is 101 Å². The van der Waals surface area contributed by atoms with Crippen LogP contribution in [0.4, 0.5) is 0 Å². The van der Waals surface area contributed by atoms with Crippen LogP contribution in [0.1, 0.15) is 25.0 Å². The van der Waals surface area contributed by atoms with E-state index in [0.29, 0.717) is 0 Å². The van der Waals surface area contributed by atoms with E-state index in [9.17, 15) is 0 Å². The molecule has 0 aliphatic rings. The Labute approximate surface area is 141 Å². The van der Waals surface area contributed by atoms with Gasteiger partial charge in [0.05, 0.1) is 0 Å². The minimum Gasteiger partial charge on any atom is -0.0912 e. The maximum absolute atomic E-state index is 4.26. The Morgan fingerprint density at radius 2 is 1.61 bits per heavy atom. The summed E-state index contributed by atoms with van der Waals surface area (Å²) in [7, 11) is 2.30. The number of allylic oxidation sites excluding steroid dienone is 5. The largest absolute Gasteiger partial charge is 0.115 e. The molecule has 116 valence electrons. The molecule has 0 aromatic heterocycles. The molecule has 0 fully saturated rings. The fourth-order valence-electron chi connectivity index (χ4n) is 2.78. The molecule has 0 heterocycles. The van der Waals surface area contributed by atoms with Crippen molar-refractivity contribution in [3.63, 3.8) is 0 Å². The second-order valence-corrected chi connectivity index (χ2v) is 6.54. The quantitative estimate of drug-likeness (QED) is 0.504. The molecule has 2 aromatic carbocycles. The molecule has 0 bridgehead atoms. The van der Waals surface area contributed by atoms with Gasteiger partial charge in [-0.1, -0.05) is 92.4 Å². The summed E-state index contributed by atoms with van der Waals surface area (Å²) in [4.78, 5) is 0. The lowest BCUT2D eigenvalue weighted by molar-refractivity contribution is 0.721. The van der Waals surface area contributed by atoms with Gasteiger partial charge in [-0.15, -0.1) is 0 Å². The van der Waals surface area contributed by atoms with Crippen LogP contribution in [0.5, 0.6) is 0 Å². The first kappa shape index (κ1) is 17.1. The highest BCUT2D eigenvalue weighted by Crippen LogP contribution is 2.37. The van der Waals surface area contributed by atoms with Gasteiger partial charge in [0.2, 0.25) is 0 Å². The van der Waals surface area contributed by atoms with Crippen LogP contribution in [0.25, 0.3) is 5.57 Å². The molecule has 1 atom stereocenters. The third-order valence-electron chi connectivity index (χ3n) is 4.09. The van der Waals surface area contributed by atoms with E-state index in [1.807, 2.05) is 6.07 Å². The van der Waals surface area contributed by atoms with Gasteiger partial charge >= 0.3 is 0 Å². The van der Waals surface area contributed by atoms with Gasteiger partial charge in [0, 0.05) is 0 Å². The molecule has 0 aliphatic carbocycles. The molecule has 0 N–H and O–H groups in total. The zero-order valence-electron chi connectivity index (χ0n) is 14.4. The lowest BCUT2D eigenvalue weighted by Crippen LogP contribution is -2.14. The highest BCUT2D eigenvalue weighted by atomic mass is 14.2. The summed E-state index contributed by atoms with van der Waals surface area (Å²) in [6, 6.07) is 21.0. The third-order valence-corrected chi connectivity index (χ3v) is 4.09. The van der Waals surface area contributed by atoms with Crippen molar-refractivity contribution in [3.8, 4) is 0 Å². The molecule has 1 heteroatoms. The summed E-state index contributed by atoms with van der Waals surface area (Å²) in [6.45, 7) is 8.62. The van der Waals surface area contributed by atoms with Gasteiger partial charge in [0.15, 0.2) is 0 Å². The fraction of sp³-hybridized carbons (Fsp3) is 0.182. The van der Waals surface area contributed by atoms with E-state index < -0.39 is 0 Å². The van der Waals surface area contributed by atoms with Gasteiger partial charge in [0.1, 0.15) is 7.85 Å². The molecule has 2 aromatic rings. The molecule has 0 saturated carbocycles. The minimum absolute atomic E-state index is 0.0472. The van der Waals surface area contributed by atoms with Crippen molar-refractivity contribution in [3.05, 3.63) is 102 Å². The highest BCUT2D eigenvalue weighted by Gasteiger charge is 2.22. The van der Waals surface area contributed by atoms with Crippen LogP contribution < -0.4 is 0 Å². The smallest absolute Gasteiger partial charge is 0.0912 e. The SMILES string of the molecule is BC(C)(Cc1ccccc1)C(/C=C\C)=C/C(=C)c1ccccc1. The maximum Gasteiger partial charge on any atom is 0.115 e. The molecule has 0 spiro atoms. The molecule has 0 radical (unpaired) electrons. The molecule has 0 saturated heterocycles. The Morgan fingerprint density at radius 1 is 1.04 bits per heavy atom. The van der Waals surface area contributed by atoms with Gasteiger partial charge in [-0.3, -0.25) is 0 Å². The second-order valence-electron chi connectivity index (χ2n) is 6.54. The van der Waals surface area contributed by atoms with E-state index in [1.165, 1.54) is 16.7 Å². The summed E-state index contributed by atoms with van der Waals surface area (Å²) >= 11 is 0. The van der Waals surface area contributed by atoms with Gasteiger partial charge in [-0.2, -0.15) is 0 Å². The van der Waals surface area contributed by atoms with Gasteiger partial charge in [-0.05, 0) is 40.9 Å². The predicted octanol–water partition coefficient (Wildman–Crippen LogP) is 5.26. The van der Waals surface area contributed by atoms with Crippen molar-refractivity contribution in [1.29, 1.82) is 0 Å². The molecular formula is C22H25B. The Balaban J connectivity index is 2.29. The zero-order chi connectivity index (χ0) is 16.7. The van der Waals surface area contributed by atoms with Crippen LogP contribution in [0.15, 0.2) is 91.0 Å². The number of rotatable bonds is 6. The van der Waals surface area contributed by atoms with E-state index >= 15 is 0 Å². The average molecular weight is 300 g/mol. The Morgan fingerprint density at radius 3 is 2.17 bits per heavy atom. The molecule has 0 aliphatic heterocycles. The Bertz CT molecular complexity index is 691. The van der Waals surface area contributed by atoms with Crippen LogP contribution in [0, 0.1) is 0 Å². The monoisotopic (exact) mass is 300 g/mol. The molecule has 0 nitrogen and oxygen atoms in total. The molecular weight excluding hydrogens is 275 g/mol. The van der Waals surface area contributed by atoms with E-state index in [0.717, 1.165) is 12.0 Å². The van der Waals surface area contributed by atoms with E-state index in [1.54, 1.807) is 0 Å². The van der Waals surface area contributed by atoms with Gasteiger partial charge in [-0.25, -0.2) is 0 Å². The molecule has 2 rings (SSSR count). The maximum atomic E-state index is 4.26.